The van der Waals surface area contributed by atoms with E-state index < -0.39 is 0 Å². The van der Waals surface area contributed by atoms with Crippen molar-refractivity contribution in [1.29, 1.82) is 0 Å². The molecule has 0 spiro atoms. The summed E-state index contributed by atoms with van der Waals surface area (Å²) in [6.07, 6.45) is 0. The standard InChI is InChI=1S/C13H14Cl2O2S/c1-4-17-13(16)8(2)9(3)18-12-6-5-10(14)7-11(12)15/h5-8H,3-4H2,1-2H3. The lowest BCUT2D eigenvalue weighted by atomic mass is 10.2. The average Bonchev–Trinajstić information content (AvgIpc) is 2.32. The van der Waals surface area contributed by atoms with Gasteiger partial charge < -0.3 is 4.74 Å². The zero-order valence-electron chi connectivity index (χ0n) is 10.2. The Morgan fingerprint density at radius 1 is 1.50 bits per heavy atom. The summed E-state index contributed by atoms with van der Waals surface area (Å²) in [4.78, 5) is 13.1. The van der Waals surface area contributed by atoms with Crippen LogP contribution in [0, 0.1) is 5.92 Å². The minimum Gasteiger partial charge on any atom is -0.466 e. The quantitative estimate of drug-likeness (QED) is 0.577. The van der Waals surface area contributed by atoms with Crippen molar-refractivity contribution in [1.82, 2.24) is 0 Å². The van der Waals surface area contributed by atoms with Gasteiger partial charge in [-0.25, -0.2) is 0 Å². The summed E-state index contributed by atoms with van der Waals surface area (Å²) in [7, 11) is 0. The molecule has 1 aromatic rings. The fraction of sp³-hybridized carbons (Fsp3) is 0.308. The molecular weight excluding hydrogens is 291 g/mol. The zero-order valence-corrected chi connectivity index (χ0v) is 12.5. The van der Waals surface area contributed by atoms with E-state index in [1.807, 2.05) is 0 Å². The number of thioether (sulfide) groups is 1. The first-order chi connectivity index (χ1) is 8.45. The number of rotatable bonds is 5. The van der Waals surface area contributed by atoms with Crippen LogP contribution in [0.1, 0.15) is 13.8 Å². The molecular formula is C13H14Cl2O2S. The molecule has 18 heavy (non-hydrogen) atoms. The van der Waals surface area contributed by atoms with Crippen molar-refractivity contribution in [2.75, 3.05) is 6.61 Å². The summed E-state index contributed by atoms with van der Waals surface area (Å²) in [6, 6.07) is 5.21. The Labute approximate surface area is 121 Å². The summed E-state index contributed by atoms with van der Waals surface area (Å²) < 4.78 is 4.94. The number of carbonyl (C=O) groups is 1. The molecule has 1 rings (SSSR count). The van der Waals surface area contributed by atoms with Crippen LogP contribution in [0.5, 0.6) is 0 Å². The summed E-state index contributed by atoms with van der Waals surface area (Å²) in [5.74, 6) is -0.651. The number of hydrogen-bond acceptors (Lipinski definition) is 3. The molecule has 0 aliphatic heterocycles. The molecule has 1 aromatic carbocycles. The van der Waals surface area contributed by atoms with Gasteiger partial charge in [-0.05, 0) is 37.0 Å². The number of ether oxygens (including phenoxy) is 1. The van der Waals surface area contributed by atoms with Crippen LogP contribution in [0.2, 0.25) is 10.0 Å². The van der Waals surface area contributed by atoms with Crippen molar-refractivity contribution in [2.45, 2.75) is 18.7 Å². The lowest BCUT2D eigenvalue weighted by molar-refractivity contribution is -0.145. The van der Waals surface area contributed by atoms with Crippen LogP contribution in [0.25, 0.3) is 0 Å². The van der Waals surface area contributed by atoms with E-state index in [9.17, 15) is 4.79 Å². The van der Waals surface area contributed by atoms with Crippen molar-refractivity contribution in [3.05, 3.63) is 39.7 Å². The highest BCUT2D eigenvalue weighted by atomic mass is 35.5. The fourth-order valence-corrected chi connectivity index (χ4v) is 2.56. The maximum Gasteiger partial charge on any atom is 0.313 e. The predicted octanol–water partition coefficient (Wildman–Crippen LogP) is 4.80. The molecule has 0 aliphatic carbocycles. The van der Waals surface area contributed by atoms with Crippen LogP contribution < -0.4 is 0 Å². The molecule has 0 amide bonds. The third kappa shape index (κ3) is 4.23. The minimum atomic E-state index is -0.373. The molecule has 0 heterocycles. The van der Waals surface area contributed by atoms with Crippen molar-refractivity contribution >= 4 is 40.9 Å². The van der Waals surface area contributed by atoms with E-state index in [1.54, 1.807) is 32.0 Å². The molecule has 0 aliphatic rings. The van der Waals surface area contributed by atoms with Crippen molar-refractivity contribution in [3.63, 3.8) is 0 Å². The van der Waals surface area contributed by atoms with Gasteiger partial charge in [0.15, 0.2) is 0 Å². The molecule has 0 N–H and O–H groups in total. The Morgan fingerprint density at radius 3 is 2.72 bits per heavy atom. The number of hydrogen-bond donors (Lipinski definition) is 0. The second kappa shape index (κ2) is 7.07. The predicted molar refractivity (Wildman–Crippen MR) is 77.3 cm³/mol. The second-order valence-electron chi connectivity index (χ2n) is 3.62. The van der Waals surface area contributed by atoms with Gasteiger partial charge in [-0.15, -0.1) is 0 Å². The molecule has 0 bridgehead atoms. The first kappa shape index (κ1) is 15.4. The lowest BCUT2D eigenvalue weighted by Gasteiger charge is -2.13. The van der Waals surface area contributed by atoms with Crippen LogP contribution in [0.15, 0.2) is 34.6 Å². The number of benzene rings is 1. The molecule has 2 nitrogen and oxygen atoms in total. The molecule has 98 valence electrons. The van der Waals surface area contributed by atoms with Gasteiger partial charge in [-0.2, -0.15) is 0 Å². The number of halogens is 2. The summed E-state index contributed by atoms with van der Waals surface area (Å²) in [5, 5.41) is 1.12. The largest absolute Gasteiger partial charge is 0.466 e. The topological polar surface area (TPSA) is 26.3 Å². The van der Waals surface area contributed by atoms with Crippen LogP contribution in [-0.4, -0.2) is 12.6 Å². The van der Waals surface area contributed by atoms with E-state index in [-0.39, 0.29) is 11.9 Å². The van der Waals surface area contributed by atoms with Gasteiger partial charge in [0.05, 0.1) is 17.5 Å². The highest BCUT2D eigenvalue weighted by Crippen LogP contribution is 2.36. The van der Waals surface area contributed by atoms with Crippen LogP contribution in [-0.2, 0) is 9.53 Å². The van der Waals surface area contributed by atoms with Crippen LogP contribution in [0.3, 0.4) is 0 Å². The molecule has 1 atom stereocenters. The SMILES string of the molecule is C=C(Sc1ccc(Cl)cc1Cl)C(C)C(=O)OCC. The Morgan fingerprint density at radius 2 is 2.17 bits per heavy atom. The normalized spacial score (nSPS) is 12.0. The van der Waals surface area contributed by atoms with E-state index in [4.69, 9.17) is 27.9 Å². The summed E-state index contributed by atoms with van der Waals surface area (Å²) in [6.45, 7) is 7.79. The molecule has 1 unspecified atom stereocenters. The van der Waals surface area contributed by atoms with E-state index in [0.29, 0.717) is 21.6 Å². The van der Waals surface area contributed by atoms with Crippen molar-refractivity contribution in [2.24, 2.45) is 5.92 Å². The smallest absolute Gasteiger partial charge is 0.313 e. The van der Waals surface area contributed by atoms with Crippen molar-refractivity contribution < 1.29 is 9.53 Å². The molecule has 0 saturated heterocycles. The zero-order chi connectivity index (χ0) is 13.7. The van der Waals surface area contributed by atoms with Gasteiger partial charge in [0.25, 0.3) is 0 Å². The first-order valence-electron chi connectivity index (χ1n) is 5.44. The Balaban J connectivity index is 2.72. The Hall–Kier alpha value is -0.640. The van der Waals surface area contributed by atoms with Gasteiger partial charge in [-0.3, -0.25) is 4.79 Å². The monoisotopic (exact) mass is 304 g/mol. The van der Waals surface area contributed by atoms with Gasteiger partial charge in [-0.1, -0.05) is 41.5 Å². The van der Waals surface area contributed by atoms with Gasteiger partial charge in [0, 0.05) is 9.92 Å². The highest BCUT2D eigenvalue weighted by molar-refractivity contribution is 8.03. The molecule has 0 radical (unpaired) electrons. The van der Waals surface area contributed by atoms with E-state index in [2.05, 4.69) is 6.58 Å². The molecule has 0 aromatic heterocycles. The average molecular weight is 305 g/mol. The van der Waals surface area contributed by atoms with Crippen LogP contribution >= 0.6 is 35.0 Å². The third-order valence-electron chi connectivity index (χ3n) is 2.26. The molecule has 0 fully saturated rings. The third-order valence-corrected chi connectivity index (χ3v) is 4.11. The molecule has 5 heteroatoms. The highest BCUT2D eigenvalue weighted by Gasteiger charge is 2.19. The van der Waals surface area contributed by atoms with E-state index in [0.717, 1.165) is 4.90 Å². The summed E-state index contributed by atoms with van der Waals surface area (Å²) >= 11 is 13.2. The van der Waals surface area contributed by atoms with Crippen molar-refractivity contribution in [3.8, 4) is 0 Å². The Kier molecular flexibility index (Phi) is 6.06. The maximum atomic E-state index is 11.6. The van der Waals surface area contributed by atoms with E-state index >= 15 is 0 Å². The minimum absolute atomic E-state index is 0.278. The molecule has 0 saturated carbocycles. The van der Waals surface area contributed by atoms with Gasteiger partial charge >= 0.3 is 5.97 Å². The number of esters is 1. The Bertz CT molecular complexity index is 460. The first-order valence-corrected chi connectivity index (χ1v) is 7.01. The maximum absolute atomic E-state index is 11.6. The van der Waals surface area contributed by atoms with Gasteiger partial charge in [0.1, 0.15) is 0 Å². The van der Waals surface area contributed by atoms with E-state index in [1.165, 1.54) is 11.8 Å². The second-order valence-corrected chi connectivity index (χ2v) is 5.63. The number of carbonyl (C=O) groups excluding carboxylic acids is 1. The van der Waals surface area contributed by atoms with Gasteiger partial charge in [0.2, 0.25) is 0 Å². The lowest BCUT2D eigenvalue weighted by Crippen LogP contribution is -2.15. The fourth-order valence-electron chi connectivity index (χ4n) is 1.19. The summed E-state index contributed by atoms with van der Waals surface area (Å²) in [5.41, 5.74) is 0. The van der Waals surface area contributed by atoms with Crippen LogP contribution in [0.4, 0.5) is 0 Å².